The van der Waals surface area contributed by atoms with Crippen LogP contribution in [0.15, 0.2) is 48.5 Å². The lowest BCUT2D eigenvalue weighted by Gasteiger charge is -2.22. The number of hydrogen-bond donors (Lipinski definition) is 1. The van der Waals surface area contributed by atoms with Crippen LogP contribution in [0.2, 0.25) is 0 Å². The smallest absolute Gasteiger partial charge is 0.238 e. The van der Waals surface area contributed by atoms with Crippen molar-refractivity contribution >= 4 is 29.1 Å². The monoisotopic (exact) mass is 478 g/mol. The van der Waals surface area contributed by atoms with Crippen LogP contribution in [-0.4, -0.2) is 73.9 Å². The molecule has 0 bridgehead atoms. The summed E-state index contributed by atoms with van der Waals surface area (Å²) in [6.45, 7) is 3.79. The molecule has 2 saturated heterocycles. The Morgan fingerprint density at radius 2 is 1.80 bits per heavy atom. The van der Waals surface area contributed by atoms with E-state index in [1.165, 1.54) is 0 Å². The highest BCUT2D eigenvalue weighted by Gasteiger charge is 2.23. The quantitative estimate of drug-likeness (QED) is 0.631. The first-order valence-electron chi connectivity index (χ1n) is 12.3. The molecule has 0 saturated carbocycles. The number of rotatable bonds is 8. The summed E-state index contributed by atoms with van der Waals surface area (Å²) < 4.78 is 5.18. The molecule has 2 heterocycles. The van der Waals surface area contributed by atoms with Gasteiger partial charge in [-0.3, -0.25) is 19.3 Å². The normalized spacial score (nSPS) is 16.8. The summed E-state index contributed by atoms with van der Waals surface area (Å²) in [5.74, 6) is 1.00. The highest BCUT2D eigenvalue weighted by atomic mass is 16.5. The number of methoxy groups -OCH3 is 1. The van der Waals surface area contributed by atoms with Gasteiger partial charge >= 0.3 is 0 Å². The molecule has 0 atom stereocenters. The van der Waals surface area contributed by atoms with E-state index in [4.69, 9.17) is 4.74 Å². The van der Waals surface area contributed by atoms with Crippen molar-refractivity contribution in [1.29, 1.82) is 0 Å². The lowest BCUT2D eigenvalue weighted by Crippen LogP contribution is -2.38. The fourth-order valence-corrected chi connectivity index (χ4v) is 4.66. The standard InChI is InChI=1S/C27H34N4O4/c1-35-24-11-8-21(9-12-24)10-13-26(33)30-15-4-14-29(17-18-30)20-25(32)28-22-5-2-6-23(19-22)31-16-3-7-27(31)34/h2,5-6,8-9,11-12,19H,3-4,7,10,13-18,20H2,1H3,(H,28,32). The summed E-state index contributed by atoms with van der Waals surface area (Å²) in [7, 11) is 1.64. The highest BCUT2D eigenvalue weighted by Crippen LogP contribution is 2.24. The lowest BCUT2D eigenvalue weighted by molar-refractivity contribution is -0.131. The third-order valence-electron chi connectivity index (χ3n) is 6.61. The number of hydrogen-bond acceptors (Lipinski definition) is 5. The summed E-state index contributed by atoms with van der Waals surface area (Å²) in [5.41, 5.74) is 2.63. The molecule has 186 valence electrons. The van der Waals surface area contributed by atoms with Crippen molar-refractivity contribution < 1.29 is 19.1 Å². The summed E-state index contributed by atoms with van der Waals surface area (Å²) in [5, 5.41) is 2.96. The zero-order valence-electron chi connectivity index (χ0n) is 20.4. The summed E-state index contributed by atoms with van der Waals surface area (Å²) in [6.07, 6.45) is 3.46. The first-order chi connectivity index (χ1) is 17.0. The SMILES string of the molecule is COc1ccc(CCC(=O)N2CCCN(CC(=O)Nc3cccc(N4CCCC4=O)c3)CC2)cc1. The van der Waals surface area contributed by atoms with Gasteiger partial charge in [0.05, 0.1) is 13.7 Å². The van der Waals surface area contributed by atoms with Crippen molar-refractivity contribution in [3.05, 3.63) is 54.1 Å². The Kier molecular flexibility index (Phi) is 8.36. The third-order valence-corrected chi connectivity index (χ3v) is 6.61. The molecule has 0 aromatic heterocycles. The number of carbonyl (C=O) groups excluding carboxylic acids is 3. The third kappa shape index (κ3) is 6.82. The molecule has 1 N–H and O–H groups in total. The van der Waals surface area contributed by atoms with Gasteiger partial charge in [-0.05, 0) is 55.2 Å². The van der Waals surface area contributed by atoms with Crippen LogP contribution < -0.4 is 15.0 Å². The van der Waals surface area contributed by atoms with Gasteiger partial charge in [-0.1, -0.05) is 18.2 Å². The number of ether oxygens (including phenoxy) is 1. The van der Waals surface area contributed by atoms with E-state index >= 15 is 0 Å². The Labute approximate surface area is 206 Å². The van der Waals surface area contributed by atoms with Crippen LogP contribution in [0.25, 0.3) is 0 Å². The van der Waals surface area contributed by atoms with E-state index in [-0.39, 0.29) is 24.3 Å². The maximum absolute atomic E-state index is 12.8. The van der Waals surface area contributed by atoms with Gasteiger partial charge in [0, 0.05) is 56.9 Å². The maximum Gasteiger partial charge on any atom is 0.238 e. The van der Waals surface area contributed by atoms with Gasteiger partial charge < -0.3 is 19.9 Å². The van der Waals surface area contributed by atoms with Gasteiger partial charge in [0.25, 0.3) is 0 Å². The topological polar surface area (TPSA) is 82.2 Å². The van der Waals surface area contributed by atoms with Gasteiger partial charge in [-0.15, -0.1) is 0 Å². The van der Waals surface area contributed by atoms with Crippen LogP contribution in [0.4, 0.5) is 11.4 Å². The number of carbonyl (C=O) groups is 3. The molecule has 0 aliphatic carbocycles. The number of amides is 3. The predicted molar refractivity (Wildman–Crippen MR) is 136 cm³/mol. The zero-order valence-corrected chi connectivity index (χ0v) is 20.4. The molecule has 0 unspecified atom stereocenters. The fraction of sp³-hybridized carbons (Fsp3) is 0.444. The van der Waals surface area contributed by atoms with Crippen molar-refractivity contribution in [1.82, 2.24) is 9.80 Å². The number of nitrogens with zero attached hydrogens (tertiary/aromatic N) is 3. The van der Waals surface area contributed by atoms with Gasteiger partial charge in [-0.2, -0.15) is 0 Å². The van der Waals surface area contributed by atoms with Gasteiger partial charge in [0.1, 0.15) is 5.75 Å². The molecule has 2 fully saturated rings. The molecule has 2 aliphatic heterocycles. The van der Waals surface area contributed by atoms with Crippen LogP contribution in [0.5, 0.6) is 5.75 Å². The summed E-state index contributed by atoms with van der Waals surface area (Å²) in [4.78, 5) is 43.2. The van der Waals surface area contributed by atoms with E-state index in [2.05, 4.69) is 10.2 Å². The largest absolute Gasteiger partial charge is 0.497 e. The van der Waals surface area contributed by atoms with E-state index in [0.717, 1.165) is 42.9 Å². The van der Waals surface area contributed by atoms with Crippen molar-refractivity contribution in [3.63, 3.8) is 0 Å². The fourth-order valence-electron chi connectivity index (χ4n) is 4.66. The first kappa shape index (κ1) is 24.7. The second-order valence-corrected chi connectivity index (χ2v) is 9.11. The van der Waals surface area contributed by atoms with Crippen LogP contribution in [0.1, 0.15) is 31.2 Å². The van der Waals surface area contributed by atoms with Crippen molar-refractivity contribution in [3.8, 4) is 5.75 Å². The van der Waals surface area contributed by atoms with Crippen molar-refractivity contribution in [2.75, 3.05) is 56.6 Å². The minimum atomic E-state index is -0.0887. The van der Waals surface area contributed by atoms with Gasteiger partial charge in [-0.25, -0.2) is 0 Å². The molecule has 2 aromatic rings. The van der Waals surface area contributed by atoms with E-state index in [1.54, 1.807) is 12.0 Å². The molecule has 2 aromatic carbocycles. The molecule has 8 heteroatoms. The van der Waals surface area contributed by atoms with E-state index < -0.39 is 0 Å². The molecular formula is C27H34N4O4. The molecular weight excluding hydrogens is 444 g/mol. The number of anilines is 2. The highest BCUT2D eigenvalue weighted by molar-refractivity contribution is 5.97. The predicted octanol–water partition coefficient (Wildman–Crippen LogP) is 2.93. The molecule has 35 heavy (non-hydrogen) atoms. The Morgan fingerprint density at radius 3 is 2.54 bits per heavy atom. The average molecular weight is 479 g/mol. The molecule has 8 nitrogen and oxygen atoms in total. The van der Waals surface area contributed by atoms with E-state index in [0.29, 0.717) is 44.6 Å². The Bertz CT molecular complexity index is 1040. The second-order valence-electron chi connectivity index (χ2n) is 9.11. The lowest BCUT2D eigenvalue weighted by atomic mass is 10.1. The summed E-state index contributed by atoms with van der Waals surface area (Å²) in [6, 6.07) is 15.3. The molecule has 3 amide bonds. The van der Waals surface area contributed by atoms with Crippen LogP contribution in [0.3, 0.4) is 0 Å². The zero-order chi connectivity index (χ0) is 24.6. The Morgan fingerprint density at radius 1 is 0.971 bits per heavy atom. The average Bonchev–Trinajstić information content (AvgIpc) is 3.16. The number of benzene rings is 2. The molecule has 4 rings (SSSR count). The van der Waals surface area contributed by atoms with Gasteiger partial charge in [0.15, 0.2) is 0 Å². The molecule has 2 aliphatic rings. The first-order valence-corrected chi connectivity index (χ1v) is 12.3. The number of nitrogens with one attached hydrogen (secondary N) is 1. The van der Waals surface area contributed by atoms with E-state index in [9.17, 15) is 14.4 Å². The van der Waals surface area contributed by atoms with Crippen LogP contribution >= 0.6 is 0 Å². The Hall–Kier alpha value is -3.39. The molecule has 0 spiro atoms. The Balaban J connectivity index is 1.23. The second kappa shape index (κ2) is 11.8. The van der Waals surface area contributed by atoms with Crippen molar-refractivity contribution in [2.24, 2.45) is 0 Å². The minimum absolute atomic E-state index is 0.0887. The van der Waals surface area contributed by atoms with Crippen LogP contribution in [0, 0.1) is 0 Å². The minimum Gasteiger partial charge on any atom is -0.497 e. The van der Waals surface area contributed by atoms with Crippen LogP contribution in [-0.2, 0) is 20.8 Å². The van der Waals surface area contributed by atoms with E-state index in [1.807, 2.05) is 53.4 Å². The summed E-state index contributed by atoms with van der Waals surface area (Å²) >= 11 is 0. The molecule has 0 radical (unpaired) electrons. The van der Waals surface area contributed by atoms with Crippen molar-refractivity contribution in [2.45, 2.75) is 32.1 Å². The maximum atomic E-state index is 12.8. The number of aryl methyl sites for hydroxylation is 1. The van der Waals surface area contributed by atoms with Gasteiger partial charge in [0.2, 0.25) is 17.7 Å².